The van der Waals surface area contributed by atoms with E-state index in [0.29, 0.717) is 11.3 Å². The molecule has 0 fully saturated rings. The molecule has 0 N–H and O–H groups in total. The highest BCUT2D eigenvalue weighted by Gasteiger charge is 2.04. The molecule has 0 atom stereocenters. The third-order valence-corrected chi connectivity index (χ3v) is 2.52. The number of nitrogens with zero attached hydrogens (tertiary/aromatic N) is 2. The molecule has 0 aliphatic heterocycles. The highest BCUT2D eigenvalue weighted by molar-refractivity contribution is 6.16. The summed E-state index contributed by atoms with van der Waals surface area (Å²) in [6.07, 6.45) is 8.48. The van der Waals surface area contributed by atoms with Crippen molar-refractivity contribution in [1.82, 2.24) is 0 Å². The summed E-state index contributed by atoms with van der Waals surface area (Å²) in [6, 6.07) is 7.48. The zero-order chi connectivity index (χ0) is 13.5. The lowest BCUT2D eigenvalue weighted by Gasteiger charge is -2.02. The topological polar surface area (TPSA) is 51.0 Å². The van der Waals surface area contributed by atoms with Gasteiger partial charge < -0.3 is 4.74 Å². The van der Waals surface area contributed by atoms with Crippen molar-refractivity contribution in [3.05, 3.63) is 59.7 Å². The molecule has 1 aromatic rings. The predicted molar refractivity (Wildman–Crippen MR) is 75.5 cm³/mol. The maximum absolute atomic E-state index is 10.7. The van der Waals surface area contributed by atoms with Gasteiger partial charge in [0.2, 0.25) is 0 Å². The fourth-order valence-corrected chi connectivity index (χ4v) is 1.57. The Balaban J connectivity index is 2.22. The molecule has 2 rings (SSSR count). The number of hydrogen-bond acceptors (Lipinski definition) is 4. The van der Waals surface area contributed by atoms with Crippen LogP contribution in [0.2, 0.25) is 0 Å². The Hall–Kier alpha value is -2.71. The Morgan fingerprint density at radius 2 is 2.00 bits per heavy atom. The van der Waals surface area contributed by atoms with E-state index in [-0.39, 0.29) is 0 Å². The van der Waals surface area contributed by atoms with Gasteiger partial charge in [0.15, 0.2) is 0 Å². The summed E-state index contributed by atoms with van der Waals surface area (Å²) < 4.78 is 5.20. The van der Waals surface area contributed by atoms with Crippen LogP contribution in [0.4, 0.5) is 0 Å². The van der Waals surface area contributed by atoms with E-state index < -0.39 is 0 Å². The molecule has 0 radical (unpaired) electrons. The van der Waals surface area contributed by atoms with Gasteiger partial charge in [0.1, 0.15) is 17.4 Å². The molecule has 4 heteroatoms. The zero-order valence-electron chi connectivity index (χ0n) is 10.4. The van der Waals surface area contributed by atoms with Gasteiger partial charge in [-0.2, -0.15) is 5.10 Å². The van der Waals surface area contributed by atoms with Crippen molar-refractivity contribution in [2.24, 2.45) is 10.2 Å². The van der Waals surface area contributed by atoms with Gasteiger partial charge in [-0.15, -0.1) is 5.10 Å². The second-order valence-electron chi connectivity index (χ2n) is 3.71. The number of allylic oxidation sites excluding steroid dienone is 5. The number of para-hydroxylation sites is 1. The van der Waals surface area contributed by atoms with E-state index in [1.165, 1.54) is 0 Å². The van der Waals surface area contributed by atoms with Gasteiger partial charge in [-0.05, 0) is 24.3 Å². The van der Waals surface area contributed by atoms with Crippen LogP contribution in [0.15, 0.2) is 64.3 Å². The molecule has 1 aliphatic carbocycles. The first-order valence-electron chi connectivity index (χ1n) is 5.69. The summed E-state index contributed by atoms with van der Waals surface area (Å²) in [5, 5.41) is 7.97. The van der Waals surface area contributed by atoms with Crippen LogP contribution in [-0.2, 0) is 4.79 Å². The Bertz CT molecular complexity index is 633. The molecule has 19 heavy (non-hydrogen) atoms. The van der Waals surface area contributed by atoms with Gasteiger partial charge in [-0.3, -0.25) is 0 Å². The van der Waals surface area contributed by atoms with Crippen LogP contribution in [0.1, 0.15) is 5.56 Å². The maximum Gasteiger partial charge on any atom is 0.134 e. The minimum atomic E-state index is 0.389. The van der Waals surface area contributed by atoms with Crippen molar-refractivity contribution >= 4 is 17.9 Å². The normalized spacial score (nSPS) is 16.1. The smallest absolute Gasteiger partial charge is 0.134 e. The van der Waals surface area contributed by atoms with E-state index in [1.54, 1.807) is 37.6 Å². The molecule has 0 saturated heterocycles. The minimum Gasteiger partial charge on any atom is -0.496 e. The lowest BCUT2D eigenvalue weighted by atomic mass is 10.1. The summed E-state index contributed by atoms with van der Waals surface area (Å²) in [6.45, 7) is 0. The number of hydrogen-bond donors (Lipinski definition) is 0. The lowest BCUT2D eigenvalue weighted by molar-refractivity contribution is 0.414. The van der Waals surface area contributed by atoms with Crippen molar-refractivity contribution < 1.29 is 9.53 Å². The zero-order valence-corrected chi connectivity index (χ0v) is 10.4. The number of rotatable bonds is 3. The molecular formula is C15H12N2O2. The molecule has 0 unspecified atom stereocenters. The summed E-state index contributed by atoms with van der Waals surface area (Å²) in [5.74, 6) is 2.54. The number of benzene rings is 1. The quantitative estimate of drug-likeness (QED) is 0.471. The van der Waals surface area contributed by atoms with E-state index in [2.05, 4.69) is 10.2 Å². The van der Waals surface area contributed by atoms with Crippen molar-refractivity contribution in [2.45, 2.75) is 0 Å². The van der Waals surface area contributed by atoms with Gasteiger partial charge in [0.25, 0.3) is 0 Å². The van der Waals surface area contributed by atoms with Gasteiger partial charge in [0.05, 0.1) is 18.9 Å². The molecule has 4 nitrogen and oxygen atoms in total. The molecule has 0 bridgehead atoms. The monoisotopic (exact) mass is 252 g/mol. The van der Waals surface area contributed by atoms with Crippen molar-refractivity contribution in [1.29, 1.82) is 0 Å². The van der Waals surface area contributed by atoms with Crippen LogP contribution >= 0.6 is 0 Å². The van der Waals surface area contributed by atoms with Crippen molar-refractivity contribution in [3.63, 3.8) is 0 Å². The van der Waals surface area contributed by atoms with E-state index in [4.69, 9.17) is 4.74 Å². The first-order valence-corrected chi connectivity index (χ1v) is 5.69. The fraction of sp³-hybridized carbons (Fsp3) is 0.0667. The second kappa shape index (κ2) is 6.28. The van der Waals surface area contributed by atoms with Gasteiger partial charge in [-0.25, -0.2) is 4.79 Å². The standard InChI is InChI=1S/C15H12N2O2/c1-19-15-9-5-3-6-12(15)10-16-17-14-8-4-2-7-13(14)11-18/h2-10H,1H3/b16-10-,17-14-. The number of carbonyl (C=O) groups excluding carboxylic acids is 1. The van der Waals surface area contributed by atoms with Gasteiger partial charge in [0, 0.05) is 5.56 Å². The van der Waals surface area contributed by atoms with Crippen LogP contribution < -0.4 is 4.74 Å². The van der Waals surface area contributed by atoms with Crippen molar-refractivity contribution in [2.75, 3.05) is 7.11 Å². The average Bonchev–Trinajstić information content (AvgIpc) is 2.48. The molecule has 0 spiro atoms. The Morgan fingerprint density at radius 1 is 1.21 bits per heavy atom. The van der Waals surface area contributed by atoms with Crippen LogP contribution in [-0.4, -0.2) is 25.0 Å². The van der Waals surface area contributed by atoms with E-state index in [1.807, 2.05) is 30.2 Å². The highest BCUT2D eigenvalue weighted by atomic mass is 16.5. The lowest BCUT2D eigenvalue weighted by Crippen LogP contribution is -2.00. The summed E-state index contributed by atoms with van der Waals surface area (Å²) >= 11 is 0. The third-order valence-electron chi connectivity index (χ3n) is 2.52. The van der Waals surface area contributed by atoms with E-state index in [0.717, 1.165) is 11.3 Å². The third kappa shape index (κ3) is 3.15. The SMILES string of the molecule is COc1ccccc1/C=N\N=C1\C=CC=CC1=C=O. The highest BCUT2D eigenvalue weighted by Crippen LogP contribution is 2.14. The molecule has 1 aromatic carbocycles. The van der Waals surface area contributed by atoms with Gasteiger partial charge in [-0.1, -0.05) is 24.3 Å². The molecule has 1 aliphatic rings. The Morgan fingerprint density at radius 3 is 2.79 bits per heavy atom. The van der Waals surface area contributed by atoms with Crippen LogP contribution in [0, 0.1) is 0 Å². The van der Waals surface area contributed by atoms with Crippen LogP contribution in [0.5, 0.6) is 5.75 Å². The maximum atomic E-state index is 10.7. The first kappa shape index (κ1) is 12.7. The molecule has 0 amide bonds. The van der Waals surface area contributed by atoms with Crippen molar-refractivity contribution in [3.8, 4) is 5.75 Å². The summed E-state index contributed by atoms with van der Waals surface area (Å²) in [5.41, 5.74) is 1.70. The van der Waals surface area contributed by atoms with E-state index in [9.17, 15) is 4.79 Å². The predicted octanol–water partition coefficient (Wildman–Crippen LogP) is 2.35. The fourth-order valence-electron chi connectivity index (χ4n) is 1.57. The minimum absolute atomic E-state index is 0.389. The first-order chi connectivity index (χ1) is 9.35. The summed E-state index contributed by atoms with van der Waals surface area (Å²) in [7, 11) is 1.60. The molecular weight excluding hydrogens is 240 g/mol. The second-order valence-corrected chi connectivity index (χ2v) is 3.71. The number of methoxy groups -OCH3 is 1. The average molecular weight is 252 g/mol. The van der Waals surface area contributed by atoms with E-state index >= 15 is 0 Å². The van der Waals surface area contributed by atoms with Crippen LogP contribution in [0.3, 0.4) is 0 Å². The molecule has 0 saturated carbocycles. The largest absolute Gasteiger partial charge is 0.496 e. The molecule has 94 valence electrons. The Labute approximate surface area is 111 Å². The summed E-state index contributed by atoms with van der Waals surface area (Å²) in [4.78, 5) is 10.7. The molecule has 0 heterocycles. The van der Waals surface area contributed by atoms with Crippen LogP contribution in [0.25, 0.3) is 0 Å². The molecule has 0 aromatic heterocycles. The number of ether oxygens (including phenoxy) is 1. The Kier molecular flexibility index (Phi) is 4.21. The van der Waals surface area contributed by atoms with Gasteiger partial charge >= 0.3 is 0 Å².